The van der Waals surface area contributed by atoms with Crippen molar-refractivity contribution in [2.45, 2.75) is 58.8 Å². The van der Waals surface area contributed by atoms with Crippen LogP contribution in [0.1, 0.15) is 49.3 Å². The number of ether oxygens (including phenoxy) is 2. The molecule has 3 aromatic heterocycles. The number of aliphatic hydroxyl groups is 1. The van der Waals surface area contributed by atoms with Crippen molar-refractivity contribution in [3.05, 3.63) is 40.8 Å². The number of aryl methyl sites for hydroxylation is 2. The van der Waals surface area contributed by atoms with E-state index in [0.717, 1.165) is 63.4 Å². The van der Waals surface area contributed by atoms with Gasteiger partial charge in [0.05, 0.1) is 53.5 Å². The molecule has 1 saturated carbocycles. The van der Waals surface area contributed by atoms with Crippen LogP contribution in [0, 0.1) is 6.92 Å². The number of aromatic nitrogens is 6. The van der Waals surface area contributed by atoms with Gasteiger partial charge in [0.1, 0.15) is 6.61 Å². The molecule has 0 spiro atoms. The topological polar surface area (TPSA) is 106 Å². The summed E-state index contributed by atoms with van der Waals surface area (Å²) in [5.74, 6) is 1.35. The molecule has 1 aliphatic heterocycles. The number of hydrogen-bond donors (Lipinski definition) is 2. The quantitative estimate of drug-likeness (QED) is 0.415. The van der Waals surface area contributed by atoms with Gasteiger partial charge in [0.15, 0.2) is 0 Å². The summed E-state index contributed by atoms with van der Waals surface area (Å²) in [4.78, 5) is 2.50. The Bertz CT molecular complexity index is 1490. The second-order valence-corrected chi connectivity index (χ2v) is 10.2. The van der Waals surface area contributed by atoms with E-state index in [-0.39, 0.29) is 12.6 Å². The maximum absolute atomic E-state index is 9.81. The summed E-state index contributed by atoms with van der Waals surface area (Å²) >= 11 is 0. The summed E-state index contributed by atoms with van der Waals surface area (Å²) < 4.78 is 16.2. The van der Waals surface area contributed by atoms with Gasteiger partial charge in [-0.05, 0) is 63.5 Å². The average molecular weight is 518 g/mol. The summed E-state index contributed by atoms with van der Waals surface area (Å²) in [5, 5.41) is 28.0. The van der Waals surface area contributed by atoms with E-state index in [2.05, 4.69) is 45.3 Å². The van der Waals surface area contributed by atoms with E-state index in [1.165, 1.54) is 0 Å². The van der Waals surface area contributed by atoms with Gasteiger partial charge in [0.25, 0.3) is 0 Å². The summed E-state index contributed by atoms with van der Waals surface area (Å²) in [6.45, 7) is 8.32. The lowest BCUT2D eigenvalue weighted by Gasteiger charge is -2.29. The third kappa shape index (κ3) is 4.37. The molecule has 10 heteroatoms. The van der Waals surface area contributed by atoms with Gasteiger partial charge in [-0.15, -0.1) is 5.10 Å². The van der Waals surface area contributed by atoms with Crippen LogP contribution in [0.25, 0.3) is 34.2 Å². The minimum absolute atomic E-state index is 0.00206. The molecule has 0 saturated heterocycles. The molecule has 0 radical (unpaired) electrons. The smallest absolute Gasteiger partial charge is 0.240 e. The number of H-pyrrole nitrogens is 1. The number of nitrogens with zero attached hydrogens (tertiary/aromatic N) is 6. The van der Waals surface area contributed by atoms with Crippen molar-refractivity contribution >= 4 is 23.1 Å². The van der Waals surface area contributed by atoms with Gasteiger partial charge < -0.3 is 14.6 Å². The van der Waals surface area contributed by atoms with Crippen LogP contribution in [-0.2, 0) is 20.1 Å². The Kier molecular flexibility index (Phi) is 6.45. The van der Waals surface area contributed by atoms with Crippen molar-refractivity contribution in [1.29, 1.82) is 0 Å². The van der Waals surface area contributed by atoms with Crippen LogP contribution in [0.15, 0.2) is 18.2 Å². The van der Waals surface area contributed by atoms with Crippen LogP contribution in [0.5, 0.6) is 11.8 Å². The molecule has 1 atom stereocenters. The van der Waals surface area contributed by atoms with Gasteiger partial charge in [-0.25, -0.2) is 4.68 Å². The van der Waals surface area contributed by atoms with Crippen LogP contribution in [0.3, 0.4) is 0 Å². The van der Waals surface area contributed by atoms with Crippen molar-refractivity contribution in [3.63, 3.8) is 0 Å². The van der Waals surface area contributed by atoms with E-state index < -0.39 is 0 Å². The molecule has 200 valence electrons. The molecule has 1 aliphatic carbocycles. The average Bonchev–Trinajstić information content (AvgIpc) is 3.49. The van der Waals surface area contributed by atoms with Crippen molar-refractivity contribution in [1.82, 2.24) is 34.7 Å². The second kappa shape index (κ2) is 9.92. The fourth-order valence-electron chi connectivity index (χ4n) is 5.48. The van der Waals surface area contributed by atoms with Gasteiger partial charge in [0, 0.05) is 31.1 Å². The normalized spacial score (nSPS) is 19.0. The Morgan fingerprint density at radius 2 is 2.05 bits per heavy atom. The Morgan fingerprint density at radius 1 is 1.21 bits per heavy atom. The Morgan fingerprint density at radius 3 is 2.82 bits per heavy atom. The molecule has 4 heterocycles. The number of fused-ring (bicyclic) bond motifs is 4. The molecule has 38 heavy (non-hydrogen) atoms. The van der Waals surface area contributed by atoms with Crippen LogP contribution in [0.2, 0.25) is 0 Å². The molecule has 6 rings (SSSR count). The maximum Gasteiger partial charge on any atom is 0.240 e. The highest BCUT2D eigenvalue weighted by Crippen LogP contribution is 2.37. The predicted molar refractivity (Wildman–Crippen MR) is 146 cm³/mol. The lowest BCUT2D eigenvalue weighted by atomic mass is 10.0. The van der Waals surface area contributed by atoms with Gasteiger partial charge in [0.2, 0.25) is 11.8 Å². The van der Waals surface area contributed by atoms with E-state index in [1.54, 1.807) is 0 Å². The van der Waals surface area contributed by atoms with Crippen LogP contribution >= 0.6 is 0 Å². The summed E-state index contributed by atoms with van der Waals surface area (Å²) in [7, 11) is 1.93. The number of aromatic amines is 1. The van der Waals surface area contributed by atoms with Crippen LogP contribution < -0.4 is 9.47 Å². The first kappa shape index (κ1) is 24.7. The molecule has 2 aliphatic rings. The number of rotatable bonds is 5. The highest BCUT2D eigenvalue weighted by atomic mass is 16.5. The molecule has 10 nitrogen and oxygen atoms in total. The Balaban J connectivity index is 1.54. The molecule has 4 aromatic rings. The third-order valence-electron chi connectivity index (χ3n) is 7.49. The zero-order valence-corrected chi connectivity index (χ0v) is 22.4. The molecule has 0 amide bonds. The minimum atomic E-state index is 0.00206. The fourth-order valence-corrected chi connectivity index (χ4v) is 5.48. The van der Waals surface area contributed by atoms with E-state index in [0.29, 0.717) is 38.2 Å². The number of aliphatic hydroxyl groups excluding tert-OH is 1. The third-order valence-corrected chi connectivity index (χ3v) is 7.49. The van der Waals surface area contributed by atoms with Gasteiger partial charge >= 0.3 is 0 Å². The van der Waals surface area contributed by atoms with E-state index in [4.69, 9.17) is 14.6 Å². The largest absolute Gasteiger partial charge is 0.476 e. The summed E-state index contributed by atoms with van der Waals surface area (Å²) in [6.07, 6.45) is 6.43. The second-order valence-electron chi connectivity index (χ2n) is 10.2. The zero-order valence-electron chi connectivity index (χ0n) is 22.4. The van der Waals surface area contributed by atoms with Crippen molar-refractivity contribution in [3.8, 4) is 22.9 Å². The fraction of sp³-hybridized carbons (Fsp3) is 0.464. The highest BCUT2D eigenvalue weighted by Gasteiger charge is 2.35. The monoisotopic (exact) mass is 517 g/mol. The Labute approximate surface area is 221 Å². The standard InChI is InChI=1S/C28H35N7O3/c1-5-37-27-21-9-11-24-22-14-19(6-10-23(22)29-30-24)26-18(3)31-33(4)28(26)38-16-17(2)34(20-7-8-20)15-25(21)35(32-27)12-13-36/h6,9-11,14,17,20,36H,5,7-8,12-13,15-16H2,1-4H3,(H,29,30)/b11-9+/t17-/m0/s1. The van der Waals surface area contributed by atoms with Crippen molar-refractivity contribution in [2.75, 3.05) is 19.8 Å². The molecule has 2 bridgehead atoms. The molecular weight excluding hydrogens is 482 g/mol. The molecule has 1 fully saturated rings. The summed E-state index contributed by atoms with van der Waals surface area (Å²) in [6, 6.07) is 6.90. The highest BCUT2D eigenvalue weighted by molar-refractivity contribution is 5.93. The van der Waals surface area contributed by atoms with E-state index in [9.17, 15) is 5.11 Å². The first-order valence-corrected chi connectivity index (χ1v) is 13.4. The van der Waals surface area contributed by atoms with Crippen molar-refractivity contribution < 1.29 is 14.6 Å². The van der Waals surface area contributed by atoms with Gasteiger partial charge in [-0.2, -0.15) is 10.2 Å². The molecule has 0 unspecified atom stereocenters. The van der Waals surface area contributed by atoms with Gasteiger partial charge in [-0.3, -0.25) is 14.7 Å². The molecule has 2 N–H and O–H groups in total. The first-order chi connectivity index (χ1) is 18.5. The number of hydrogen-bond acceptors (Lipinski definition) is 7. The minimum Gasteiger partial charge on any atom is -0.476 e. The molecule has 1 aromatic carbocycles. The van der Waals surface area contributed by atoms with Crippen molar-refractivity contribution in [2.24, 2.45) is 7.05 Å². The lowest BCUT2D eigenvalue weighted by Crippen LogP contribution is -2.39. The van der Waals surface area contributed by atoms with Crippen LogP contribution in [0.4, 0.5) is 0 Å². The van der Waals surface area contributed by atoms with E-state index >= 15 is 0 Å². The van der Waals surface area contributed by atoms with E-state index in [1.807, 2.05) is 42.4 Å². The first-order valence-electron chi connectivity index (χ1n) is 13.4. The Hall–Kier alpha value is -3.63. The maximum atomic E-state index is 9.81. The van der Waals surface area contributed by atoms with Crippen LogP contribution in [-0.4, -0.2) is 71.7 Å². The number of nitrogens with one attached hydrogen (secondary N) is 1. The summed E-state index contributed by atoms with van der Waals surface area (Å²) in [5.41, 5.74) is 6.71. The molecular formula is C28H35N7O3. The zero-order chi connectivity index (χ0) is 26.4. The van der Waals surface area contributed by atoms with Gasteiger partial charge in [-0.1, -0.05) is 6.07 Å². The SMILES string of the molecule is CCOc1nn(CCO)c2c1/C=C/c1[nH]nc3ccc(cc13)-c1c(C)nn(C)c1OC[C@H](C)N(C1CC1)C2. The predicted octanol–water partition coefficient (Wildman–Crippen LogP) is 3.78. The number of benzene rings is 1. The lowest BCUT2D eigenvalue weighted by molar-refractivity contribution is 0.123.